The fraction of sp³-hybridized carbons (Fsp3) is 0.318. The molecule has 1 aliphatic heterocycles. The van der Waals surface area contributed by atoms with Crippen molar-refractivity contribution in [3.8, 4) is 0 Å². The number of hydrogen-bond donors (Lipinski definition) is 2. The molecular formula is C22H25N3O3. The normalized spacial score (nSPS) is 15.0. The van der Waals surface area contributed by atoms with E-state index in [4.69, 9.17) is 0 Å². The van der Waals surface area contributed by atoms with Gasteiger partial charge in [-0.15, -0.1) is 0 Å². The standard InChI is InChI=1S/C22H25N3O3/c1-16(23-22(28)18-9-3-2-4-10-18)21(27)24-19-11-7-8-17(14-19)15-25-13-6-5-12-20(25)26/h2-4,7-11,14,16H,5-6,12-13,15H2,1H3,(H,23,28)(H,24,27). The van der Waals surface area contributed by atoms with Crippen molar-refractivity contribution >= 4 is 23.4 Å². The Morgan fingerprint density at radius 2 is 1.86 bits per heavy atom. The number of nitrogens with zero attached hydrogens (tertiary/aromatic N) is 1. The lowest BCUT2D eigenvalue weighted by Gasteiger charge is -2.27. The zero-order chi connectivity index (χ0) is 19.9. The van der Waals surface area contributed by atoms with E-state index in [-0.39, 0.29) is 17.7 Å². The second-order valence-electron chi connectivity index (χ2n) is 7.02. The summed E-state index contributed by atoms with van der Waals surface area (Å²) in [4.78, 5) is 38.5. The Morgan fingerprint density at radius 3 is 2.61 bits per heavy atom. The van der Waals surface area contributed by atoms with Crippen LogP contribution < -0.4 is 10.6 Å². The van der Waals surface area contributed by atoms with E-state index in [0.717, 1.165) is 24.9 Å². The number of likely N-dealkylation sites (tertiary alicyclic amines) is 1. The van der Waals surface area contributed by atoms with E-state index >= 15 is 0 Å². The molecule has 0 saturated carbocycles. The van der Waals surface area contributed by atoms with Crippen molar-refractivity contribution in [2.45, 2.75) is 38.8 Å². The molecule has 1 aliphatic rings. The highest BCUT2D eigenvalue weighted by Gasteiger charge is 2.19. The third-order valence-corrected chi connectivity index (χ3v) is 4.77. The maximum absolute atomic E-state index is 12.4. The van der Waals surface area contributed by atoms with Crippen LogP contribution in [0.3, 0.4) is 0 Å². The summed E-state index contributed by atoms with van der Waals surface area (Å²) in [5.74, 6) is -0.408. The van der Waals surface area contributed by atoms with Crippen LogP contribution in [-0.4, -0.2) is 35.2 Å². The average Bonchev–Trinajstić information content (AvgIpc) is 2.70. The molecule has 28 heavy (non-hydrogen) atoms. The number of carbonyl (C=O) groups is 3. The highest BCUT2D eigenvalue weighted by atomic mass is 16.2. The first-order valence-corrected chi connectivity index (χ1v) is 9.56. The first kappa shape index (κ1) is 19.6. The smallest absolute Gasteiger partial charge is 0.251 e. The average molecular weight is 379 g/mol. The van der Waals surface area contributed by atoms with Crippen molar-refractivity contribution in [3.05, 3.63) is 65.7 Å². The number of piperidine rings is 1. The summed E-state index contributed by atoms with van der Waals surface area (Å²) in [5, 5.41) is 5.53. The predicted molar refractivity (Wildman–Crippen MR) is 108 cm³/mol. The van der Waals surface area contributed by atoms with Gasteiger partial charge in [0.2, 0.25) is 11.8 Å². The first-order valence-electron chi connectivity index (χ1n) is 9.56. The van der Waals surface area contributed by atoms with E-state index in [2.05, 4.69) is 10.6 Å². The third-order valence-electron chi connectivity index (χ3n) is 4.77. The maximum atomic E-state index is 12.4. The topological polar surface area (TPSA) is 78.5 Å². The molecule has 0 aliphatic carbocycles. The van der Waals surface area contributed by atoms with E-state index in [9.17, 15) is 14.4 Å². The van der Waals surface area contributed by atoms with Gasteiger partial charge in [0.25, 0.3) is 5.91 Å². The number of rotatable bonds is 6. The lowest BCUT2D eigenvalue weighted by Crippen LogP contribution is -2.41. The Kier molecular flexibility index (Phi) is 6.42. The summed E-state index contributed by atoms with van der Waals surface area (Å²) in [5.41, 5.74) is 2.12. The van der Waals surface area contributed by atoms with Gasteiger partial charge in [-0.2, -0.15) is 0 Å². The number of benzene rings is 2. The molecule has 1 fully saturated rings. The molecule has 1 atom stereocenters. The molecule has 0 bridgehead atoms. The van der Waals surface area contributed by atoms with Crippen molar-refractivity contribution in [2.75, 3.05) is 11.9 Å². The van der Waals surface area contributed by atoms with E-state index < -0.39 is 6.04 Å². The molecule has 2 aromatic carbocycles. The fourth-order valence-electron chi connectivity index (χ4n) is 3.18. The summed E-state index contributed by atoms with van der Waals surface area (Å²) in [7, 11) is 0. The van der Waals surface area contributed by atoms with Crippen LogP contribution in [0.4, 0.5) is 5.69 Å². The zero-order valence-corrected chi connectivity index (χ0v) is 16.0. The van der Waals surface area contributed by atoms with Crippen LogP contribution >= 0.6 is 0 Å². The van der Waals surface area contributed by atoms with Crippen molar-refractivity contribution in [2.24, 2.45) is 0 Å². The van der Waals surface area contributed by atoms with Crippen LogP contribution in [0.15, 0.2) is 54.6 Å². The quantitative estimate of drug-likeness (QED) is 0.810. The summed E-state index contributed by atoms with van der Waals surface area (Å²) >= 11 is 0. The van der Waals surface area contributed by atoms with E-state index in [1.165, 1.54) is 0 Å². The Bertz CT molecular complexity index is 851. The molecule has 146 valence electrons. The second kappa shape index (κ2) is 9.17. The molecule has 1 heterocycles. The molecule has 0 radical (unpaired) electrons. The van der Waals surface area contributed by atoms with Gasteiger partial charge in [0, 0.05) is 30.8 Å². The van der Waals surface area contributed by atoms with Gasteiger partial charge in [-0.1, -0.05) is 30.3 Å². The van der Waals surface area contributed by atoms with Gasteiger partial charge in [0.15, 0.2) is 0 Å². The number of carbonyl (C=O) groups excluding carboxylic acids is 3. The van der Waals surface area contributed by atoms with Crippen LogP contribution in [0, 0.1) is 0 Å². The molecule has 3 amide bonds. The minimum Gasteiger partial charge on any atom is -0.341 e. The predicted octanol–water partition coefficient (Wildman–Crippen LogP) is 2.96. The largest absolute Gasteiger partial charge is 0.341 e. The monoisotopic (exact) mass is 379 g/mol. The summed E-state index contributed by atoms with van der Waals surface area (Å²) < 4.78 is 0. The van der Waals surface area contributed by atoms with Crippen LogP contribution in [0.25, 0.3) is 0 Å². The molecule has 0 spiro atoms. The Balaban J connectivity index is 1.57. The molecular weight excluding hydrogens is 354 g/mol. The SMILES string of the molecule is CC(NC(=O)c1ccccc1)C(=O)Nc1cccc(CN2CCCCC2=O)c1. The Labute approximate surface area is 164 Å². The van der Waals surface area contributed by atoms with Gasteiger partial charge in [-0.05, 0) is 49.6 Å². The zero-order valence-electron chi connectivity index (χ0n) is 16.0. The van der Waals surface area contributed by atoms with Gasteiger partial charge in [0.1, 0.15) is 6.04 Å². The molecule has 1 saturated heterocycles. The van der Waals surface area contributed by atoms with Gasteiger partial charge >= 0.3 is 0 Å². The molecule has 6 heteroatoms. The number of anilines is 1. The number of nitrogens with one attached hydrogen (secondary N) is 2. The fourth-order valence-corrected chi connectivity index (χ4v) is 3.18. The van der Waals surface area contributed by atoms with Gasteiger partial charge in [-0.25, -0.2) is 0 Å². The Hall–Kier alpha value is -3.15. The Morgan fingerprint density at radius 1 is 1.07 bits per heavy atom. The molecule has 0 aromatic heterocycles. The van der Waals surface area contributed by atoms with Crippen LogP contribution in [0.5, 0.6) is 0 Å². The maximum Gasteiger partial charge on any atom is 0.251 e. The molecule has 6 nitrogen and oxygen atoms in total. The minimum atomic E-state index is -0.681. The molecule has 2 aromatic rings. The third kappa shape index (κ3) is 5.19. The highest BCUT2D eigenvalue weighted by Crippen LogP contribution is 2.17. The highest BCUT2D eigenvalue weighted by molar-refractivity contribution is 6.00. The molecule has 3 rings (SSSR count). The van der Waals surface area contributed by atoms with Crippen molar-refractivity contribution < 1.29 is 14.4 Å². The van der Waals surface area contributed by atoms with Crippen LogP contribution in [-0.2, 0) is 16.1 Å². The van der Waals surface area contributed by atoms with Crippen molar-refractivity contribution in [3.63, 3.8) is 0 Å². The summed E-state index contributed by atoms with van der Waals surface area (Å²) in [6.07, 6.45) is 2.59. The van der Waals surface area contributed by atoms with Gasteiger partial charge in [0.05, 0.1) is 0 Å². The van der Waals surface area contributed by atoms with Gasteiger partial charge < -0.3 is 15.5 Å². The number of amides is 3. The van der Waals surface area contributed by atoms with Crippen LogP contribution in [0.2, 0.25) is 0 Å². The van der Waals surface area contributed by atoms with Crippen molar-refractivity contribution in [1.82, 2.24) is 10.2 Å². The minimum absolute atomic E-state index is 0.179. The lowest BCUT2D eigenvalue weighted by atomic mass is 10.1. The second-order valence-corrected chi connectivity index (χ2v) is 7.02. The summed E-state index contributed by atoms with van der Waals surface area (Å²) in [6, 6.07) is 15.6. The van der Waals surface area contributed by atoms with Crippen molar-refractivity contribution in [1.29, 1.82) is 0 Å². The van der Waals surface area contributed by atoms with E-state index in [1.807, 2.05) is 29.2 Å². The number of hydrogen-bond acceptors (Lipinski definition) is 3. The van der Waals surface area contributed by atoms with E-state index in [0.29, 0.717) is 24.2 Å². The summed E-state index contributed by atoms with van der Waals surface area (Å²) in [6.45, 7) is 2.97. The molecule has 2 N–H and O–H groups in total. The van der Waals surface area contributed by atoms with Crippen LogP contribution in [0.1, 0.15) is 42.1 Å². The van der Waals surface area contributed by atoms with E-state index in [1.54, 1.807) is 37.3 Å². The first-order chi connectivity index (χ1) is 13.5. The lowest BCUT2D eigenvalue weighted by molar-refractivity contribution is -0.133. The molecule has 1 unspecified atom stereocenters. The van der Waals surface area contributed by atoms with Gasteiger partial charge in [-0.3, -0.25) is 14.4 Å².